The molecule has 0 unspecified atom stereocenters. The van der Waals surface area contributed by atoms with Gasteiger partial charge in [0.2, 0.25) is 0 Å². The Morgan fingerprint density at radius 1 is 0.362 bits per heavy atom. The predicted octanol–water partition coefficient (Wildman–Crippen LogP) is 9.72. The molecule has 0 aromatic heterocycles. The topological polar surface area (TPSA) is 18.5 Å². The SMILES string of the molecule is c1ccc(-c2c3ccccc3c(-c3ccccc3)c3cc(-c4cccc5c4Oc4cccc6c4B5c4ccccc4O6)ccc23)cc1. The lowest BCUT2D eigenvalue weighted by Gasteiger charge is -2.33. The molecular weight excluding hydrogens is 571 g/mol. The van der Waals surface area contributed by atoms with Crippen LogP contribution in [0.2, 0.25) is 0 Å². The zero-order chi connectivity index (χ0) is 30.9. The Labute approximate surface area is 273 Å². The zero-order valence-electron chi connectivity index (χ0n) is 25.5. The molecule has 8 aromatic rings. The molecule has 47 heavy (non-hydrogen) atoms. The Bertz CT molecular complexity index is 2520. The average Bonchev–Trinajstić information content (AvgIpc) is 3.14. The molecule has 0 amide bonds. The highest BCUT2D eigenvalue weighted by atomic mass is 16.5. The molecule has 218 valence electrons. The van der Waals surface area contributed by atoms with Gasteiger partial charge in [0.15, 0.2) is 0 Å². The third-order valence-corrected chi connectivity index (χ3v) is 9.79. The lowest BCUT2D eigenvalue weighted by Crippen LogP contribution is -2.57. The molecule has 0 spiro atoms. The fraction of sp³-hybridized carbons (Fsp3) is 0. The molecule has 2 heterocycles. The minimum atomic E-state index is 0.0313. The average molecular weight is 599 g/mol. The summed E-state index contributed by atoms with van der Waals surface area (Å²) in [7, 11) is 0. The lowest BCUT2D eigenvalue weighted by molar-refractivity contribution is 0.465. The molecule has 0 saturated carbocycles. The molecule has 0 atom stereocenters. The van der Waals surface area contributed by atoms with Crippen LogP contribution in [0.5, 0.6) is 23.0 Å². The van der Waals surface area contributed by atoms with Crippen LogP contribution >= 0.6 is 0 Å². The summed E-state index contributed by atoms with van der Waals surface area (Å²) in [5, 5.41) is 4.95. The van der Waals surface area contributed by atoms with Crippen LogP contribution in [0.3, 0.4) is 0 Å². The fourth-order valence-corrected chi connectivity index (χ4v) is 7.81. The van der Waals surface area contributed by atoms with Crippen LogP contribution in [0, 0.1) is 0 Å². The van der Waals surface area contributed by atoms with E-state index in [0.29, 0.717) is 0 Å². The zero-order valence-corrected chi connectivity index (χ0v) is 25.5. The lowest BCUT2D eigenvalue weighted by atomic mass is 9.34. The summed E-state index contributed by atoms with van der Waals surface area (Å²) < 4.78 is 13.2. The van der Waals surface area contributed by atoms with Crippen molar-refractivity contribution in [1.29, 1.82) is 0 Å². The Morgan fingerprint density at radius 2 is 0.915 bits per heavy atom. The van der Waals surface area contributed by atoms with Crippen LogP contribution in [0.15, 0.2) is 164 Å². The molecule has 0 fully saturated rings. The second-order valence-electron chi connectivity index (χ2n) is 12.4. The number of fused-ring (bicyclic) bond motifs is 6. The Hall–Kier alpha value is -6.06. The fourth-order valence-electron chi connectivity index (χ4n) is 7.81. The van der Waals surface area contributed by atoms with E-state index >= 15 is 0 Å². The van der Waals surface area contributed by atoms with Crippen molar-refractivity contribution in [3.8, 4) is 56.4 Å². The standard InChI is InChI=1S/C44H27BO2/c1-3-13-28(14-4-1)41-32-17-7-8-18-33(32)42(29-15-5-2-6-16-29)35-27-30(25-26-34(35)41)31-19-11-21-37-44(31)47-40-24-12-23-39-43(40)45(37)36-20-9-10-22-38(36)46-39/h1-27H. The van der Waals surface area contributed by atoms with Gasteiger partial charge >= 0.3 is 0 Å². The van der Waals surface area contributed by atoms with Crippen molar-refractivity contribution < 1.29 is 9.47 Å². The molecule has 2 aliphatic heterocycles. The molecule has 10 rings (SSSR count). The molecule has 0 saturated heterocycles. The van der Waals surface area contributed by atoms with Gasteiger partial charge in [0.25, 0.3) is 6.71 Å². The van der Waals surface area contributed by atoms with Crippen LogP contribution in [-0.2, 0) is 0 Å². The van der Waals surface area contributed by atoms with Crippen LogP contribution in [0.25, 0.3) is 54.9 Å². The molecular formula is C44H27BO2. The third kappa shape index (κ3) is 3.93. The first-order chi connectivity index (χ1) is 23.3. The molecule has 3 heteroatoms. The van der Waals surface area contributed by atoms with Gasteiger partial charge in [-0.3, -0.25) is 0 Å². The number of rotatable bonds is 3. The summed E-state index contributed by atoms with van der Waals surface area (Å²) in [6.45, 7) is 0.0313. The predicted molar refractivity (Wildman–Crippen MR) is 195 cm³/mol. The highest BCUT2D eigenvalue weighted by Crippen LogP contribution is 2.46. The van der Waals surface area contributed by atoms with Crippen LogP contribution in [0.1, 0.15) is 0 Å². The molecule has 0 aliphatic carbocycles. The maximum absolute atomic E-state index is 6.84. The van der Waals surface area contributed by atoms with E-state index < -0.39 is 0 Å². The molecule has 0 radical (unpaired) electrons. The summed E-state index contributed by atoms with van der Waals surface area (Å²) in [5.74, 6) is 3.52. The van der Waals surface area contributed by atoms with Crippen molar-refractivity contribution >= 4 is 44.6 Å². The largest absolute Gasteiger partial charge is 0.458 e. The van der Waals surface area contributed by atoms with Gasteiger partial charge in [0.1, 0.15) is 23.0 Å². The highest BCUT2D eigenvalue weighted by molar-refractivity contribution is 6.98. The molecule has 2 aliphatic rings. The summed E-state index contributed by atoms with van der Waals surface area (Å²) in [6.07, 6.45) is 0. The number of para-hydroxylation sites is 2. The number of benzene rings is 8. The molecule has 0 bridgehead atoms. The summed E-state index contributed by atoms with van der Waals surface area (Å²) in [6, 6.07) is 58.4. The van der Waals surface area contributed by atoms with E-state index in [1.165, 1.54) is 43.8 Å². The summed E-state index contributed by atoms with van der Waals surface area (Å²) in [5.41, 5.74) is 10.6. The minimum Gasteiger partial charge on any atom is -0.458 e. The summed E-state index contributed by atoms with van der Waals surface area (Å²) in [4.78, 5) is 0. The van der Waals surface area contributed by atoms with Crippen LogP contribution in [-0.4, -0.2) is 6.71 Å². The number of ether oxygens (including phenoxy) is 2. The van der Waals surface area contributed by atoms with E-state index in [1.54, 1.807) is 0 Å². The van der Waals surface area contributed by atoms with E-state index in [2.05, 4.69) is 146 Å². The van der Waals surface area contributed by atoms with Crippen LogP contribution < -0.4 is 25.9 Å². The van der Waals surface area contributed by atoms with Gasteiger partial charge in [0, 0.05) is 11.0 Å². The maximum Gasteiger partial charge on any atom is 0.260 e. The van der Waals surface area contributed by atoms with Crippen molar-refractivity contribution in [3.63, 3.8) is 0 Å². The van der Waals surface area contributed by atoms with Crippen molar-refractivity contribution in [1.82, 2.24) is 0 Å². The van der Waals surface area contributed by atoms with Crippen molar-refractivity contribution in [2.45, 2.75) is 0 Å². The molecule has 2 nitrogen and oxygen atoms in total. The maximum atomic E-state index is 6.84. The number of hydrogen-bond acceptors (Lipinski definition) is 2. The Balaban J connectivity index is 1.26. The summed E-state index contributed by atoms with van der Waals surface area (Å²) >= 11 is 0. The van der Waals surface area contributed by atoms with Gasteiger partial charge in [-0.15, -0.1) is 0 Å². The van der Waals surface area contributed by atoms with Crippen molar-refractivity contribution in [2.24, 2.45) is 0 Å². The van der Waals surface area contributed by atoms with Gasteiger partial charge in [-0.1, -0.05) is 140 Å². The van der Waals surface area contributed by atoms with Gasteiger partial charge in [0.05, 0.1) is 0 Å². The molecule has 8 aromatic carbocycles. The van der Waals surface area contributed by atoms with E-state index in [-0.39, 0.29) is 6.71 Å². The Kier molecular flexibility index (Phi) is 5.70. The highest BCUT2D eigenvalue weighted by Gasteiger charge is 2.40. The first kappa shape index (κ1) is 26.2. The molecule has 0 N–H and O–H groups in total. The van der Waals surface area contributed by atoms with Gasteiger partial charge in [-0.25, -0.2) is 0 Å². The minimum absolute atomic E-state index is 0.0313. The normalized spacial score (nSPS) is 12.6. The van der Waals surface area contributed by atoms with Gasteiger partial charge in [-0.05, 0) is 84.6 Å². The third-order valence-electron chi connectivity index (χ3n) is 9.79. The van der Waals surface area contributed by atoms with Crippen molar-refractivity contribution in [3.05, 3.63) is 164 Å². The quantitative estimate of drug-likeness (QED) is 0.149. The van der Waals surface area contributed by atoms with Crippen molar-refractivity contribution in [2.75, 3.05) is 0 Å². The first-order valence-corrected chi connectivity index (χ1v) is 16.1. The smallest absolute Gasteiger partial charge is 0.260 e. The monoisotopic (exact) mass is 598 g/mol. The second-order valence-corrected chi connectivity index (χ2v) is 12.4. The van der Waals surface area contributed by atoms with Gasteiger partial charge < -0.3 is 9.47 Å². The van der Waals surface area contributed by atoms with E-state index in [9.17, 15) is 0 Å². The second kappa shape index (κ2) is 10.2. The first-order valence-electron chi connectivity index (χ1n) is 16.1. The van der Waals surface area contributed by atoms with Gasteiger partial charge in [-0.2, -0.15) is 0 Å². The number of hydrogen-bond donors (Lipinski definition) is 0. The van der Waals surface area contributed by atoms with E-state index in [4.69, 9.17) is 9.47 Å². The Morgan fingerprint density at radius 3 is 1.66 bits per heavy atom. The van der Waals surface area contributed by atoms with Crippen LogP contribution in [0.4, 0.5) is 0 Å². The van der Waals surface area contributed by atoms with E-state index in [0.717, 1.165) is 50.5 Å². The van der Waals surface area contributed by atoms with E-state index in [1.807, 2.05) is 18.2 Å².